The molecule has 1 fully saturated rings. The largest absolute Gasteiger partial charge is 0.497 e. The molecule has 1 aromatic heterocycles. The van der Waals surface area contributed by atoms with Crippen LogP contribution >= 0.6 is 11.5 Å². The molecule has 1 aliphatic rings. The predicted molar refractivity (Wildman–Crippen MR) is 77.0 cm³/mol. The molecule has 0 spiro atoms. The summed E-state index contributed by atoms with van der Waals surface area (Å²) in [6, 6.07) is 8.12. The maximum Gasteiger partial charge on any atom is 0.205 e. The first-order valence-electron chi connectivity index (χ1n) is 6.44. The van der Waals surface area contributed by atoms with E-state index in [2.05, 4.69) is 33.4 Å². The maximum absolute atomic E-state index is 5.24. The topological polar surface area (TPSA) is 38.2 Å². The normalized spacial score (nSPS) is 14.4. The number of methoxy groups -OCH3 is 1. The second-order valence-corrected chi connectivity index (χ2v) is 5.65. The summed E-state index contributed by atoms with van der Waals surface area (Å²) in [5.74, 6) is 2.54. The van der Waals surface area contributed by atoms with Crippen molar-refractivity contribution in [2.45, 2.75) is 25.3 Å². The fourth-order valence-corrected chi connectivity index (χ4v) is 2.70. The van der Waals surface area contributed by atoms with E-state index in [-0.39, 0.29) is 0 Å². The number of nitrogens with zero attached hydrogens (tertiary/aromatic N) is 3. The highest BCUT2D eigenvalue weighted by molar-refractivity contribution is 7.09. The average molecular weight is 275 g/mol. The Morgan fingerprint density at radius 3 is 3.00 bits per heavy atom. The quantitative estimate of drug-likeness (QED) is 0.840. The zero-order valence-corrected chi connectivity index (χ0v) is 12.0. The van der Waals surface area contributed by atoms with Gasteiger partial charge in [0.25, 0.3) is 0 Å². The van der Waals surface area contributed by atoms with E-state index in [0.29, 0.717) is 5.92 Å². The molecule has 4 nitrogen and oxygen atoms in total. The van der Waals surface area contributed by atoms with E-state index in [1.54, 1.807) is 7.11 Å². The summed E-state index contributed by atoms with van der Waals surface area (Å²) >= 11 is 1.49. The van der Waals surface area contributed by atoms with Crippen molar-refractivity contribution in [3.8, 4) is 5.75 Å². The third-order valence-corrected chi connectivity index (χ3v) is 4.10. The monoisotopic (exact) mass is 275 g/mol. The minimum Gasteiger partial charge on any atom is -0.497 e. The highest BCUT2D eigenvalue weighted by atomic mass is 32.1. The van der Waals surface area contributed by atoms with Crippen LogP contribution in [0, 0.1) is 0 Å². The van der Waals surface area contributed by atoms with E-state index in [0.717, 1.165) is 23.3 Å². The van der Waals surface area contributed by atoms with E-state index in [9.17, 15) is 0 Å². The van der Waals surface area contributed by atoms with Crippen molar-refractivity contribution in [2.24, 2.45) is 0 Å². The Bertz CT molecular complexity index is 565. The molecule has 0 unspecified atom stereocenters. The van der Waals surface area contributed by atoms with Crippen LogP contribution in [-0.2, 0) is 6.54 Å². The zero-order chi connectivity index (χ0) is 13.2. The Morgan fingerprint density at radius 1 is 1.42 bits per heavy atom. The lowest BCUT2D eigenvalue weighted by molar-refractivity contribution is 0.414. The van der Waals surface area contributed by atoms with Crippen molar-refractivity contribution < 1.29 is 4.74 Å². The van der Waals surface area contributed by atoms with Crippen molar-refractivity contribution >= 4 is 16.7 Å². The fourth-order valence-electron chi connectivity index (χ4n) is 2.00. The Labute approximate surface area is 117 Å². The smallest absolute Gasteiger partial charge is 0.205 e. The molecule has 100 valence electrons. The van der Waals surface area contributed by atoms with E-state index in [1.165, 1.54) is 29.9 Å². The summed E-state index contributed by atoms with van der Waals surface area (Å²) in [5.41, 5.74) is 1.21. The maximum atomic E-state index is 5.24. The molecular formula is C14H17N3OS. The molecule has 2 aromatic rings. The number of hydrogen-bond donors (Lipinski definition) is 0. The molecule has 0 N–H and O–H groups in total. The van der Waals surface area contributed by atoms with E-state index in [1.807, 2.05) is 12.1 Å². The molecule has 1 aliphatic carbocycles. The van der Waals surface area contributed by atoms with Gasteiger partial charge in [0.1, 0.15) is 11.6 Å². The molecular weight excluding hydrogens is 258 g/mol. The van der Waals surface area contributed by atoms with Gasteiger partial charge in [0.05, 0.1) is 7.11 Å². The summed E-state index contributed by atoms with van der Waals surface area (Å²) in [4.78, 5) is 6.75. The van der Waals surface area contributed by atoms with E-state index in [4.69, 9.17) is 4.74 Å². The van der Waals surface area contributed by atoms with E-state index < -0.39 is 0 Å². The van der Waals surface area contributed by atoms with Gasteiger partial charge in [-0.25, -0.2) is 4.98 Å². The van der Waals surface area contributed by atoms with Crippen molar-refractivity contribution in [1.82, 2.24) is 9.36 Å². The molecule has 0 bridgehead atoms. The van der Waals surface area contributed by atoms with Crippen LogP contribution < -0.4 is 9.64 Å². The van der Waals surface area contributed by atoms with Gasteiger partial charge in [0, 0.05) is 31.0 Å². The highest BCUT2D eigenvalue weighted by Crippen LogP contribution is 2.39. The summed E-state index contributed by atoms with van der Waals surface area (Å²) in [6.45, 7) is 0.816. The summed E-state index contributed by atoms with van der Waals surface area (Å²) in [6.07, 6.45) is 2.49. The van der Waals surface area contributed by atoms with Crippen molar-refractivity contribution in [3.05, 3.63) is 35.7 Å². The van der Waals surface area contributed by atoms with Gasteiger partial charge in [-0.3, -0.25) is 0 Å². The lowest BCUT2D eigenvalue weighted by Crippen LogP contribution is -2.16. The molecule has 0 atom stereocenters. The third kappa shape index (κ3) is 2.87. The van der Waals surface area contributed by atoms with Crippen molar-refractivity contribution in [2.75, 3.05) is 19.1 Å². The van der Waals surface area contributed by atoms with Gasteiger partial charge >= 0.3 is 0 Å². The molecule has 0 amide bonds. The number of aromatic nitrogens is 2. The number of hydrogen-bond acceptors (Lipinski definition) is 5. The van der Waals surface area contributed by atoms with E-state index >= 15 is 0 Å². The minimum absolute atomic E-state index is 0.621. The Morgan fingerprint density at radius 2 is 2.26 bits per heavy atom. The third-order valence-electron chi connectivity index (χ3n) is 3.25. The second kappa shape index (κ2) is 5.17. The Hall–Kier alpha value is -1.62. The van der Waals surface area contributed by atoms with Gasteiger partial charge in [-0.2, -0.15) is 4.37 Å². The Kier molecular flexibility index (Phi) is 3.38. The molecule has 0 aliphatic heterocycles. The highest BCUT2D eigenvalue weighted by Gasteiger charge is 2.28. The lowest BCUT2D eigenvalue weighted by atomic mass is 10.2. The summed E-state index contributed by atoms with van der Waals surface area (Å²) < 4.78 is 9.68. The Balaban J connectivity index is 1.70. The summed E-state index contributed by atoms with van der Waals surface area (Å²) in [5, 5.41) is 0.990. The van der Waals surface area contributed by atoms with Crippen molar-refractivity contribution in [3.63, 3.8) is 0 Å². The number of benzene rings is 1. The molecule has 0 radical (unpaired) electrons. The molecule has 1 aromatic carbocycles. The van der Waals surface area contributed by atoms with Gasteiger partial charge in [-0.05, 0) is 30.5 Å². The average Bonchev–Trinajstić information content (AvgIpc) is 3.16. The van der Waals surface area contributed by atoms with Gasteiger partial charge in [0.2, 0.25) is 5.13 Å². The van der Waals surface area contributed by atoms with Crippen LogP contribution in [-0.4, -0.2) is 23.5 Å². The van der Waals surface area contributed by atoms with Gasteiger partial charge < -0.3 is 9.64 Å². The predicted octanol–water partition coefficient (Wildman–Crippen LogP) is 3.06. The lowest BCUT2D eigenvalue weighted by Gasteiger charge is -2.15. The molecule has 0 saturated heterocycles. The zero-order valence-electron chi connectivity index (χ0n) is 11.2. The van der Waals surface area contributed by atoms with Gasteiger partial charge in [-0.1, -0.05) is 12.1 Å². The standard InChI is InChI=1S/C14H17N3OS/c1-17(9-10-4-3-5-12(8-10)18-2)14-15-13(16-19-14)11-6-7-11/h3-5,8,11H,6-7,9H2,1-2H3. The first kappa shape index (κ1) is 12.4. The SMILES string of the molecule is COc1cccc(CN(C)c2nc(C3CC3)ns2)c1. The van der Waals surface area contributed by atoms with Crippen LogP contribution in [0.3, 0.4) is 0 Å². The van der Waals surface area contributed by atoms with Crippen LogP contribution in [0.25, 0.3) is 0 Å². The van der Waals surface area contributed by atoms with Crippen LogP contribution in [0.1, 0.15) is 30.1 Å². The number of rotatable bonds is 5. The van der Waals surface area contributed by atoms with Crippen molar-refractivity contribution in [1.29, 1.82) is 0 Å². The van der Waals surface area contributed by atoms with Gasteiger partial charge in [-0.15, -0.1) is 0 Å². The van der Waals surface area contributed by atoms with Gasteiger partial charge in [0.15, 0.2) is 0 Å². The molecule has 5 heteroatoms. The minimum atomic E-state index is 0.621. The first-order chi connectivity index (χ1) is 9.26. The van der Waals surface area contributed by atoms with Crippen LogP contribution in [0.4, 0.5) is 5.13 Å². The first-order valence-corrected chi connectivity index (χ1v) is 7.21. The molecule has 1 heterocycles. The molecule has 3 rings (SSSR count). The second-order valence-electron chi connectivity index (χ2n) is 4.92. The number of ether oxygens (including phenoxy) is 1. The van der Waals surface area contributed by atoms with Crippen LogP contribution in [0.2, 0.25) is 0 Å². The number of anilines is 1. The van der Waals surface area contributed by atoms with Crippen LogP contribution in [0.15, 0.2) is 24.3 Å². The fraction of sp³-hybridized carbons (Fsp3) is 0.429. The summed E-state index contributed by atoms with van der Waals surface area (Å²) in [7, 11) is 3.74. The van der Waals surface area contributed by atoms with Crippen LogP contribution in [0.5, 0.6) is 5.75 Å². The molecule has 19 heavy (non-hydrogen) atoms. The molecule has 1 saturated carbocycles.